The molecule has 0 aliphatic carbocycles. The fourth-order valence-electron chi connectivity index (χ4n) is 1.71. The first-order valence-electron chi connectivity index (χ1n) is 6.74. The first-order chi connectivity index (χ1) is 9.78. The normalized spacial score (nSPS) is 10.4. The van der Waals surface area contributed by atoms with Crippen LogP contribution < -0.4 is 16.4 Å². The zero-order valence-corrected chi connectivity index (χ0v) is 11.6. The van der Waals surface area contributed by atoms with E-state index in [0.717, 1.165) is 44.1 Å². The van der Waals surface area contributed by atoms with Gasteiger partial charge in [-0.05, 0) is 12.8 Å². The number of nitrogen functional groups attached to an aromatic ring is 1. The maximum Gasteiger partial charge on any atom is 0.223 e. The lowest BCUT2D eigenvalue weighted by atomic mass is 10.4. The number of aromatic nitrogens is 5. The van der Waals surface area contributed by atoms with Gasteiger partial charge in [0.15, 0.2) is 0 Å². The lowest BCUT2D eigenvalue weighted by molar-refractivity contribution is 0.569. The molecule has 0 fully saturated rings. The van der Waals surface area contributed by atoms with Crippen LogP contribution in [0.4, 0.5) is 17.6 Å². The Morgan fingerprint density at radius 2 is 1.95 bits per heavy atom. The zero-order chi connectivity index (χ0) is 14.2. The molecule has 0 bridgehead atoms. The van der Waals surface area contributed by atoms with Crippen molar-refractivity contribution in [1.82, 2.24) is 25.0 Å². The monoisotopic (exact) mass is 276 g/mol. The molecular formula is C12H20N8. The fourth-order valence-corrected chi connectivity index (χ4v) is 1.71. The molecule has 0 aliphatic rings. The van der Waals surface area contributed by atoms with E-state index >= 15 is 0 Å². The number of nitrogens with zero attached hydrogens (tertiary/aromatic N) is 5. The Hall–Kier alpha value is -2.38. The number of rotatable bonds is 8. The summed E-state index contributed by atoms with van der Waals surface area (Å²) in [6.07, 6.45) is 5.47. The Kier molecular flexibility index (Phi) is 5.10. The number of hydrogen-bond acceptors (Lipinski definition) is 7. The third-order valence-electron chi connectivity index (χ3n) is 2.64. The predicted molar refractivity (Wildman–Crippen MR) is 78.4 cm³/mol. The van der Waals surface area contributed by atoms with Crippen molar-refractivity contribution in [2.24, 2.45) is 0 Å². The topological polar surface area (TPSA) is 107 Å². The third-order valence-corrected chi connectivity index (χ3v) is 2.64. The van der Waals surface area contributed by atoms with Gasteiger partial charge >= 0.3 is 0 Å². The number of aryl methyl sites for hydroxylation is 1. The van der Waals surface area contributed by atoms with Crippen LogP contribution in [0.15, 0.2) is 18.5 Å². The molecule has 2 rings (SSSR count). The molecule has 8 heteroatoms. The number of nitrogens with one attached hydrogen (secondary N) is 2. The summed E-state index contributed by atoms with van der Waals surface area (Å²) in [4.78, 5) is 8.29. The van der Waals surface area contributed by atoms with Crippen LogP contribution in [0.2, 0.25) is 0 Å². The smallest absolute Gasteiger partial charge is 0.223 e. The molecule has 0 spiro atoms. The minimum atomic E-state index is 0.268. The molecule has 2 aromatic heterocycles. The Morgan fingerprint density at radius 1 is 1.20 bits per heavy atom. The number of nitrogens with two attached hydrogens (primary N) is 1. The highest BCUT2D eigenvalue weighted by molar-refractivity contribution is 5.50. The third kappa shape index (κ3) is 4.38. The molecule has 4 N–H and O–H groups in total. The second kappa shape index (κ2) is 7.27. The van der Waals surface area contributed by atoms with E-state index in [1.165, 1.54) is 0 Å². The number of anilines is 3. The summed E-state index contributed by atoms with van der Waals surface area (Å²) in [6.45, 7) is 4.56. The van der Waals surface area contributed by atoms with E-state index in [4.69, 9.17) is 5.73 Å². The molecule has 108 valence electrons. The summed E-state index contributed by atoms with van der Waals surface area (Å²) in [5, 5.41) is 14.1. The molecule has 0 aromatic carbocycles. The second-order valence-corrected chi connectivity index (χ2v) is 4.37. The van der Waals surface area contributed by atoms with Crippen molar-refractivity contribution in [3.8, 4) is 0 Å². The molecule has 0 unspecified atom stereocenters. The van der Waals surface area contributed by atoms with Gasteiger partial charge < -0.3 is 16.4 Å². The summed E-state index contributed by atoms with van der Waals surface area (Å²) >= 11 is 0. The van der Waals surface area contributed by atoms with Gasteiger partial charge in [-0.1, -0.05) is 12.1 Å². The Balaban J connectivity index is 1.80. The van der Waals surface area contributed by atoms with E-state index in [9.17, 15) is 0 Å². The van der Waals surface area contributed by atoms with Crippen LogP contribution in [0.3, 0.4) is 0 Å². The van der Waals surface area contributed by atoms with Gasteiger partial charge in [0.25, 0.3) is 0 Å². The first-order valence-corrected chi connectivity index (χ1v) is 6.74. The molecule has 0 amide bonds. The van der Waals surface area contributed by atoms with Crippen molar-refractivity contribution in [1.29, 1.82) is 0 Å². The Morgan fingerprint density at radius 3 is 2.60 bits per heavy atom. The molecule has 8 nitrogen and oxygen atoms in total. The molecule has 0 atom stereocenters. The van der Waals surface area contributed by atoms with E-state index in [-0.39, 0.29) is 5.95 Å². The minimum Gasteiger partial charge on any atom is -0.370 e. The highest BCUT2D eigenvalue weighted by Crippen LogP contribution is 2.12. The highest BCUT2D eigenvalue weighted by atomic mass is 15.4. The molecular weight excluding hydrogens is 256 g/mol. The molecule has 0 saturated heterocycles. The molecule has 0 saturated carbocycles. The van der Waals surface area contributed by atoms with E-state index in [0.29, 0.717) is 0 Å². The van der Waals surface area contributed by atoms with Crippen molar-refractivity contribution in [3.05, 3.63) is 18.5 Å². The van der Waals surface area contributed by atoms with Crippen molar-refractivity contribution >= 4 is 17.6 Å². The molecule has 2 aromatic rings. The first kappa shape index (κ1) is 14.0. The Labute approximate surface area is 117 Å². The second-order valence-electron chi connectivity index (χ2n) is 4.37. The quantitative estimate of drug-likeness (QED) is 0.617. The van der Waals surface area contributed by atoms with Crippen LogP contribution in [0.1, 0.15) is 19.8 Å². The van der Waals surface area contributed by atoms with Crippen molar-refractivity contribution in [2.75, 3.05) is 29.5 Å². The van der Waals surface area contributed by atoms with Crippen molar-refractivity contribution in [3.63, 3.8) is 0 Å². The average Bonchev–Trinajstić information content (AvgIpc) is 2.94. The lowest BCUT2D eigenvalue weighted by Crippen LogP contribution is -2.11. The van der Waals surface area contributed by atoms with E-state index in [2.05, 4.69) is 37.8 Å². The highest BCUT2D eigenvalue weighted by Gasteiger charge is 2.01. The van der Waals surface area contributed by atoms with E-state index < -0.39 is 0 Å². The Bertz CT molecular complexity index is 510. The lowest BCUT2D eigenvalue weighted by Gasteiger charge is -2.09. The zero-order valence-electron chi connectivity index (χ0n) is 11.6. The molecule has 2 heterocycles. The molecule has 0 aliphatic heterocycles. The predicted octanol–water partition coefficient (Wildman–Crippen LogP) is 0.974. The van der Waals surface area contributed by atoms with Gasteiger partial charge in [-0.15, -0.1) is 5.10 Å². The van der Waals surface area contributed by atoms with E-state index in [1.807, 2.05) is 12.3 Å². The summed E-state index contributed by atoms with van der Waals surface area (Å²) < 4.78 is 1.80. The maximum atomic E-state index is 5.69. The summed E-state index contributed by atoms with van der Waals surface area (Å²) in [7, 11) is 0. The van der Waals surface area contributed by atoms with Gasteiger partial charge in [0.2, 0.25) is 5.95 Å². The van der Waals surface area contributed by atoms with Gasteiger partial charge in [0.05, 0.1) is 6.20 Å². The van der Waals surface area contributed by atoms with Crippen LogP contribution in [0, 0.1) is 0 Å². The van der Waals surface area contributed by atoms with Crippen LogP contribution in [-0.4, -0.2) is 38.1 Å². The van der Waals surface area contributed by atoms with Gasteiger partial charge in [0, 0.05) is 31.9 Å². The van der Waals surface area contributed by atoms with Gasteiger partial charge in [-0.2, -0.15) is 9.97 Å². The van der Waals surface area contributed by atoms with Crippen LogP contribution in [0.5, 0.6) is 0 Å². The maximum absolute atomic E-state index is 5.69. The van der Waals surface area contributed by atoms with Crippen molar-refractivity contribution in [2.45, 2.75) is 26.3 Å². The van der Waals surface area contributed by atoms with Crippen LogP contribution >= 0.6 is 0 Å². The largest absolute Gasteiger partial charge is 0.370 e. The number of hydrogen-bond donors (Lipinski definition) is 3. The van der Waals surface area contributed by atoms with Gasteiger partial charge in [0.1, 0.15) is 11.6 Å². The fraction of sp³-hybridized carbons (Fsp3) is 0.500. The van der Waals surface area contributed by atoms with Crippen LogP contribution in [0.25, 0.3) is 0 Å². The van der Waals surface area contributed by atoms with Crippen LogP contribution in [-0.2, 0) is 6.54 Å². The van der Waals surface area contributed by atoms with Crippen molar-refractivity contribution < 1.29 is 0 Å². The van der Waals surface area contributed by atoms with E-state index in [1.54, 1.807) is 10.9 Å². The summed E-state index contributed by atoms with van der Waals surface area (Å²) in [5.74, 6) is 1.75. The van der Waals surface area contributed by atoms with Gasteiger partial charge in [-0.25, -0.2) is 0 Å². The summed E-state index contributed by atoms with van der Waals surface area (Å²) in [6, 6.07) is 1.86. The summed E-state index contributed by atoms with van der Waals surface area (Å²) in [5.41, 5.74) is 5.69. The molecule has 20 heavy (non-hydrogen) atoms. The SMILES string of the molecule is CCCNc1cc(NCCCn2ccnn2)nc(N)n1. The average molecular weight is 276 g/mol. The molecule has 0 radical (unpaired) electrons. The van der Waals surface area contributed by atoms with Gasteiger partial charge in [-0.3, -0.25) is 4.68 Å². The minimum absolute atomic E-state index is 0.268. The standard InChI is InChI=1S/C12H20N8/c1-2-4-14-10-9-11(18-12(13)17-10)15-5-3-7-20-8-6-16-19-20/h6,8-9H,2-5,7H2,1H3,(H4,13,14,15,17,18).